The highest BCUT2D eigenvalue weighted by Crippen LogP contribution is 2.17. The molecule has 0 spiro atoms. The summed E-state index contributed by atoms with van der Waals surface area (Å²) in [5.41, 5.74) is 2.17. The third kappa shape index (κ3) is 4.65. The van der Waals surface area contributed by atoms with E-state index in [1.165, 1.54) is 12.1 Å². The van der Waals surface area contributed by atoms with Gasteiger partial charge in [0.15, 0.2) is 0 Å². The first kappa shape index (κ1) is 15.7. The maximum atomic E-state index is 13.3. The Hall–Kier alpha value is -1.72. The van der Waals surface area contributed by atoms with Crippen LogP contribution in [-0.2, 0) is 13.1 Å². The van der Waals surface area contributed by atoms with Crippen LogP contribution in [0.15, 0.2) is 46.9 Å². The number of hydrogen-bond acceptors (Lipinski definition) is 2. The molecule has 2 aromatic carbocycles. The molecule has 2 aromatic rings. The third-order valence-corrected chi connectivity index (χ3v) is 3.49. The molecule has 0 bridgehead atoms. The van der Waals surface area contributed by atoms with Crippen LogP contribution >= 0.6 is 15.9 Å². The van der Waals surface area contributed by atoms with E-state index >= 15 is 0 Å². The molecule has 1 N–H and O–H groups in total. The second-order valence-corrected chi connectivity index (χ2v) is 5.87. The van der Waals surface area contributed by atoms with E-state index in [0.29, 0.717) is 13.1 Å². The first-order chi connectivity index (χ1) is 9.94. The summed E-state index contributed by atoms with van der Waals surface area (Å²) in [7, 11) is 1.93. The minimum Gasteiger partial charge on any atom is -0.478 e. The lowest BCUT2D eigenvalue weighted by Crippen LogP contribution is -2.17. The molecule has 0 aliphatic rings. The number of aromatic carboxylic acids is 1. The van der Waals surface area contributed by atoms with Crippen molar-refractivity contribution in [1.29, 1.82) is 0 Å². The summed E-state index contributed by atoms with van der Waals surface area (Å²) in [6, 6.07) is 11.6. The Morgan fingerprint density at radius 1 is 1.14 bits per heavy atom. The summed E-state index contributed by atoms with van der Waals surface area (Å²) in [5, 5.41) is 8.85. The fourth-order valence-corrected chi connectivity index (χ4v) is 2.65. The molecule has 0 saturated carbocycles. The van der Waals surface area contributed by atoms with Crippen LogP contribution in [0.4, 0.5) is 4.39 Å². The van der Waals surface area contributed by atoms with Crippen molar-refractivity contribution in [2.45, 2.75) is 13.1 Å². The van der Waals surface area contributed by atoms with Crippen molar-refractivity contribution in [3.8, 4) is 0 Å². The summed E-state index contributed by atoms with van der Waals surface area (Å²) in [6.45, 7) is 1.27. The Morgan fingerprint density at radius 3 is 2.33 bits per heavy atom. The zero-order chi connectivity index (χ0) is 15.4. The highest BCUT2D eigenvalue weighted by atomic mass is 79.9. The third-order valence-electron chi connectivity index (χ3n) is 3.03. The smallest absolute Gasteiger partial charge is 0.335 e. The van der Waals surface area contributed by atoms with E-state index in [0.717, 1.165) is 15.6 Å². The molecule has 0 heterocycles. The molecule has 0 fully saturated rings. The molecule has 0 aliphatic heterocycles. The van der Waals surface area contributed by atoms with Crippen LogP contribution in [0.1, 0.15) is 21.5 Å². The molecule has 0 atom stereocenters. The maximum Gasteiger partial charge on any atom is 0.335 e. The van der Waals surface area contributed by atoms with Gasteiger partial charge in [0, 0.05) is 17.6 Å². The van der Waals surface area contributed by atoms with Crippen molar-refractivity contribution < 1.29 is 14.3 Å². The quantitative estimate of drug-likeness (QED) is 0.887. The van der Waals surface area contributed by atoms with Crippen molar-refractivity contribution in [2.24, 2.45) is 0 Å². The standard InChI is InChI=1S/C16H15BrFNO2/c1-19(10-12-6-14(17)8-15(18)7-12)9-11-2-4-13(5-3-11)16(20)21/h2-8H,9-10H2,1H3,(H,20,21). The van der Waals surface area contributed by atoms with Crippen LogP contribution in [0, 0.1) is 5.82 Å². The topological polar surface area (TPSA) is 40.5 Å². The largest absolute Gasteiger partial charge is 0.478 e. The van der Waals surface area contributed by atoms with Crippen molar-refractivity contribution in [2.75, 3.05) is 7.05 Å². The lowest BCUT2D eigenvalue weighted by Gasteiger charge is -2.17. The molecule has 0 aliphatic carbocycles. The van der Waals surface area contributed by atoms with Crippen LogP contribution in [0.25, 0.3) is 0 Å². The molecule has 2 rings (SSSR count). The Labute approximate surface area is 131 Å². The van der Waals surface area contributed by atoms with Gasteiger partial charge in [-0.2, -0.15) is 0 Å². The predicted molar refractivity (Wildman–Crippen MR) is 82.7 cm³/mol. The van der Waals surface area contributed by atoms with Gasteiger partial charge in [-0.25, -0.2) is 9.18 Å². The van der Waals surface area contributed by atoms with Gasteiger partial charge in [-0.05, 0) is 48.5 Å². The van der Waals surface area contributed by atoms with Gasteiger partial charge >= 0.3 is 5.97 Å². The first-order valence-corrected chi connectivity index (χ1v) is 7.19. The minimum absolute atomic E-state index is 0.265. The van der Waals surface area contributed by atoms with Crippen molar-refractivity contribution in [1.82, 2.24) is 4.90 Å². The van der Waals surface area contributed by atoms with Gasteiger partial charge in [0.05, 0.1) is 5.56 Å². The van der Waals surface area contributed by atoms with Gasteiger partial charge in [0.2, 0.25) is 0 Å². The fourth-order valence-electron chi connectivity index (χ4n) is 2.13. The van der Waals surface area contributed by atoms with Gasteiger partial charge in [-0.3, -0.25) is 4.90 Å². The molecule has 0 radical (unpaired) electrons. The Bertz CT molecular complexity index is 623. The molecule has 0 saturated heterocycles. The first-order valence-electron chi connectivity index (χ1n) is 6.40. The van der Waals surface area contributed by atoms with E-state index in [4.69, 9.17) is 5.11 Å². The van der Waals surface area contributed by atoms with Gasteiger partial charge in [-0.15, -0.1) is 0 Å². The predicted octanol–water partition coefficient (Wildman–Crippen LogP) is 3.92. The van der Waals surface area contributed by atoms with Crippen LogP contribution in [0.2, 0.25) is 0 Å². The highest BCUT2D eigenvalue weighted by molar-refractivity contribution is 9.10. The van der Waals surface area contributed by atoms with E-state index in [1.807, 2.05) is 18.0 Å². The molecular weight excluding hydrogens is 337 g/mol. The highest BCUT2D eigenvalue weighted by Gasteiger charge is 2.06. The van der Waals surface area contributed by atoms with Gasteiger partial charge < -0.3 is 5.11 Å². The van der Waals surface area contributed by atoms with E-state index in [-0.39, 0.29) is 11.4 Å². The Morgan fingerprint density at radius 2 is 1.76 bits per heavy atom. The summed E-state index contributed by atoms with van der Waals surface area (Å²) in [4.78, 5) is 12.8. The normalized spacial score (nSPS) is 10.9. The zero-order valence-corrected chi connectivity index (χ0v) is 13.1. The zero-order valence-electron chi connectivity index (χ0n) is 11.5. The average Bonchev–Trinajstić information content (AvgIpc) is 2.37. The number of carboxylic acid groups (broad SMARTS) is 1. The number of benzene rings is 2. The number of halogens is 2. The van der Waals surface area contributed by atoms with E-state index in [9.17, 15) is 9.18 Å². The van der Waals surface area contributed by atoms with Crippen molar-refractivity contribution in [3.63, 3.8) is 0 Å². The van der Waals surface area contributed by atoms with Crippen LogP contribution < -0.4 is 0 Å². The average molecular weight is 352 g/mol. The van der Waals surface area contributed by atoms with Crippen LogP contribution in [0.3, 0.4) is 0 Å². The molecule has 0 aromatic heterocycles. The van der Waals surface area contributed by atoms with Gasteiger partial charge in [0.1, 0.15) is 5.82 Å². The number of nitrogens with zero attached hydrogens (tertiary/aromatic N) is 1. The number of carboxylic acids is 1. The lowest BCUT2D eigenvalue weighted by atomic mass is 10.1. The second kappa shape index (κ2) is 6.83. The Kier molecular flexibility index (Phi) is 5.09. The van der Waals surface area contributed by atoms with Crippen LogP contribution in [0.5, 0.6) is 0 Å². The minimum atomic E-state index is -0.931. The second-order valence-electron chi connectivity index (χ2n) is 4.95. The fraction of sp³-hybridized carbons (Fsp3) is 0.188. The van der Waals surface area contributed by atoms with Gasteiger partial charge in [0.25, 0.3) is 0 Å². The summed E-state index contributed by atoms with van der Waals surface area (Å²) in [6.07, 6.45) is 0. The van der Waals surface area contributed by atoms with Crippen molar-refractivity contribution >= 4 is 21.9 Å². The molecule has 5 heteroatoms. The van der Waals surface area contributed by atoms with Crippen LogP contribution in [-0.4, -0.2) is 23.0 Å². The number of rotatable bonds is 5. The van der Waals surface area contributed by atoms with Gasteiger partial charge in [-0.1, -0.05) is 28.1 Å². The molecule has 110 valence electrons. The summed E-state index contributed by atoms with van der Waals surface area (Å²) in [5.74, 6) is -1.20. The SMILES string of the molecule is CN(Cc1ccc(C(=O)O)cc1)Cc1cc(F)cc(Br)c1. The van der Waals surface area contributed by atoms with E-state index in [2.05, 4.69) is 15.9 Å². The summed E-state index contributed by atoms with van der Waals surface area (Å²) >= 11 is 3.28. The molecule has 21 heavy (non-hydrogen) atoms. The van der Waals surface area contributed by atoms with E-state index < -0.39 is 5.97 Å². The molecule has 0 unspecified atom stereocenters. The van der Waals surface area contributed by atoms with Crippen molar-refractivity contribution in [3.05, 3.63) is 69.4 Å². The lowest BCUT2D eigenvalue weighted by molar-refractivity contribution is 0.0697. The molecule has 3 nitrogen and oxygen atoms in total. The number of hydrogen-bond donors (Lipinski definition) is 1. The number of carbonyl (C=O) groups is 1. The molecule has 0 amide bonds. The monoisotopic (exact) mass is 351 g/mol. The molecular formula is C16H15BrFNO2. The summed E-state index contributed by atoms with van der Waals surface area (Å²) < 4.78 is 14.0. The maximum absolute atomic E-state index is 13.3. The van der Waals surface area contributed by atoms with E-state index in [1.54, 1.807) is 24.3 Å². The Balaban J connectivity index is 2.00.